The fourth-order valence-electron chi connectivity index (χ4n) is 3.42. The molecular formula is C27H32N2S5. The lowest BCUT2D eigenvalue weighted by molar-refractivity contribution is 0.976. The van der Waals surface area contributed by atoms with Crippen molar-refractivity contribution in [2.75, 3.05) is 13.1 Å². The third-order valence-corrected chi connectivity index (χ3v) is 10.9. The monoisotopic (exact) mass is 544 g/mol. The van der Waals surface area contributed by atoms with E-state index in [-0.39, 0.29) is 0 Å². The van der Waals surface area contributed by atoms with Crippen molar-refractivity contribution in [3.63, 3.8) is 0 Å². The molecule has 4 aromatic heterocycles. The fraction of sp³-hybridized carbons (Fsp3) is 0.259. The number of nitrogens with two attached hydrogens (primary N) is 2. The minimum Gasteiger partial charge on any atom is -0.330 e. The van der Waals surface area contributed by atoms with Crippen LogP contribution in [-0.4, -0.2) is 13.1 Å². The summed E-state index contributed by atoms with van der Waals surface area (Å²) in [5, 5.41) is 4.21. The Morgan fingerprint density at radius 3 is 2.12 bits per heavy atom. The summed E-state index contributed by atoms with van der Waals surface area (Å²) in [5.74, 6) is 0. The van der Waals surface area contributed by atoms with Crippen molar-refractivity contribution in [1.29, 1.82) is 0 Å². The summed E-state index contributed by atoms with van der Waals surface area (Å²) >= 11 is 9.03. The van der Waals surface area contributed by atoms with Crippen LogP contribution in [0, 0.1) is 0 Å². The number of rotatable bonds is 10. The normalized spacial score (nSPS) is 11.1. The molecule has 0 atom stereocenters. The van der Waals surface area contributed by atoms with Crippen molar-refractivity contribution in [3.8, 4) is 29.3 Å². The SMILES string of the molecule is C=C(S/C=C\C)c1cc(CCN)c(-c2ccc(-c3sc(-c4cccs4)cc3CCN)s2)s1.CC. The van der Waals surface area contributed by atoms with Gasteiger partial charge >= 0.3 is 0 Å². The maximum atomic E-state index is 5.94. The van der Waals surface area contributed by atoms with Gasteiger partial charge in [-0.25, -0.2) is 0 Å². The maximum absolute atomic E-state index is 5.94. The first-order chi connectivity index (χ1) is 16.6. The lowest BCUT2D eigenvalue weighted by Crippen LogP contribution is -2.02. The van der Waals surface area contributed by atoms with E-state index in [2.05, 4.69) is 53.8 Å². The Labute approximate surface area is 224 Å². The van der Waals surface area contributed by atoms with Gasteiger partial charge in [-0.1, -0.05) is 44.3 Å². The molecule has 0 aliphatic heterocycles. The summed E-state index contributed by atoms with van der Waals surface area (Å²) in [4.78, 5) is 10.2. The van der Waals surface area contributed by atoms with Gasteiger partial charge in [-0.2, -0.15) is 0 Å². The van der Waals surface area contributed by atoms with Gasteiger partial charge < -0.3 is 11.5 Å². The van der Waals surface area contributed by atoms with E-state index in [1.165, 1.54) is 45.3 Å². The highest BCUT2D eigenvalue weighted by molar-refractivity contribution is 8.11. The molecule has 4 heterocycles. The second-order valence-electron chi connectivity index (χ2n) is 7.16. The number of hydrogen-bond donors (Lipinski definition) is 2. The molecule has 0 spiro atoms. The molecule has 0 saturated heterocycles. The van der Waals surface area contributed by atoms with Crippen molar-refractivity contribution < 1.29 is 0 Å². The minimum absolute atomic E-state index is 0.644. The Morgan fingerprint density at radius 2 is 1.53 bits per heavy atom. The Hall–Kier alpha value is -1.45. The molecule has 0 bridgehead atoms. The van der Waals surface area contributed by atoms with Crippen molar-refractivity contribution in [2.45, 2.75) is 33.6 Å². The summed E-state index contributed by atoms with van der Waals surface area (Å²) in [5.41, 5.74) is 14.5. The number of thiophene rings is 4. The van der Waals surface area contributed by atoms with Crippen LogP contribution in [0.25, 0.3) is 34.2 Å². The molecule has 0 aliphatic rings. The zero-order valence-electron chi connectivity index (χ0n) is 19.9. The maximum Gasteiger partial charge on any atom is 0.0482 e. The van der Waals surface area contributed by atoms with E-state index < -0.39 is 0 Å². The predicted molar refractivity (Wildman–Crippen MR) is 163 cm³/mol. The standard InChI is InChI=1S/C25H26N2S5.C2H6/c1-3-12-28-16(2)22-14-17(8-10-26)24(31-22)20-6-7-21(30-20)25-18(9-11-27)15-23(32-25)19-5-4-13-29-19;1-2/h3-7,12-15H,2,8-11,26-27H2,1H3;1-2H3/b12-3-;. The van der Waals surface area contributed by atoms with Gasteiger partial charge in [0.2, 0.25) is 0 Å². The molecule has 0 aliphatic carbocycles. The topological polar surface area (TPSA) is 52.0 Å². The van der Waals surface area contributed by atoms with Crippen molar-refractivity contribution in [2.24, 2.45) is 11.5 Å². The van der Waals surface area contributed by atoms with Gasteiger partial charge in [-0.15, -0.1) is 45.3 Å². The van der Waals surface area contributed by atoms with Gasteiger partial charge in [0.15, 0.2) is 0 Å². The highest BCUT2D eigenvalue weighted by Crippen LogP contribution is 2.47. The molecule has 0 fully saturated rings. The molecule has 180 valence electrons. The van der Waals surface area contributed by atoms with E-state index in [0.29, 0.717) is 13.1 Å². The van der Waals surface area contributed by atoms with Crippen LogP contribution in [0.4, 0.5) is 0 Å². The number of allylic oxidation sites excluding steroid dienone is 1. The lowest BCUT2D eigenvalue weighted by atomic mass is 10.1. The van der Waals surface area contributed by atoms with E-state index in [9.17, 15) is 0 Å². The molecule has 4 aromatic rings. The molecule has 34 heavy (non-hydrogen) atoms. The smallest absolute Gasteiger partial charge is 0.0482 e. The third-order valence-electron chi connectivity index (χ3n) is 4.88. The fourth-order valence-corrected chi connectivity index (χ4v) is 8.58. The van der Waals surface area contributed by atoms with Crippen LogP contribution in [-0.2, 0) is 12.8 Å². The largest absolute Gasteiger partial charge is 0.330 e. The van der Waals surface area contributed by atoms with Crippen LogP contribution in [0.1, 0.15) is 36.8 Å². The van der Waals surface area contributed by atoms with Gasteiger partial charge in [-0.3, -0.25) is 0 Å². The van der Waals surface area contributed by atoms with E-state index in [4.69, 9.17) is 11.5 Å². The van der Waals surface area contributed by atoms with Crippen molar-refractivity contribution in [3.05, 3.63) is 75.8 Å². The van der Waals surface area contributed by atoms with Crippen LogP contribution in [0.15, 0.2) is 59.8 Å². The summed E-state index contributed by atoms with van der Waals surface area (Å²) in [6, 6.07) is 13.4. The first kappa shape index (κ1) is 27.1. The van der Waals surface area contributed by atoms with Gasteiger partial charge in [0.1, 0.15) is 0 Å². The van der Waals surface area contributed by atoms with E-state index in [1.807, 2.05) is 60.9 Å². The molecule has 0 unspecified atom stereocenters. The average molecular weight is 545 g/mol. The molecule has 4 rings (SSSR count). The molecule has 7 heteroatoms. The van der Waals surface area contributed by atoms with Crippen molar-refractivity contribution in [1.82, 2.24) is 0 Å². The molecule has 4 N–H and O–H groups in total. The minimum atomic E-state index is 0.644. The Morgan fingerprint density at radius 1 is 0.882 bits per heavy atom. The van der Waals surface area contributed by atoms with Gasteiger partial charge in [-0.05, 0) is 85.1 Å². The van der Waals surface area contributed by atoms with Gasteiger partial charge in [0.25, 0.3) is 0 Å². The second kappa shape index (κ2) is 13.6. The molecule has 0 radical (unpaired) electrons. The predicted octanol–water partition coefficient (Wildman–Crippen LogP) is 9.20. The van der Waals surface area contributed by atoms with Crippen LogP contribution < -0.4 is 11.5 Å². The summed E-state index contributed by atoms with van der Waals surface area (Å²) in [6.45, 7) is 11.6. The van der Waals surface area contributed by atoms with Crippen molar-refractivity contribution >= 4 is 62.0 Å². The Balaban J connectivity index is 0.00000158. The molecule has 0 aromatic carbocycles. The first-order valence-corrected chi connectivity index (χ1v) is 15.6. The Bertz CT molecular complexity index is 1210. The number of hydrogen-bond acceptors (Lipinski definition) is 7. The Kier molecular flexibility index (Phi) is 10.8. The summed E-state index contributed by atoms with van der Waals surface area (Å²) < 4.78 is 0. The van der Waals surface area contributed by atoms with Gasteiger partial charge in [0, 0.05) is 39.0 Å². The summed E-state index contributed by atoms with van der Waals surface area (Å²) in [6.07, 6.45) is 3.82. The summed E-state index contributed by atoms with van der Waals surface area (Å²) in [7, 11) is 0. The van der Waals surface area contributed by atoms with E-state index >= 15 is 0 Å². The van der Waals surface area contributed by atoms with Crippen LogP contribution >= 0.6 is 57.1 Å². The highest BCUT2D eigenvalue weighted by Gasteiger charge is 2.18. The number of thioether (sulfide) groups is 1. The van der Waals surface area contributed by atoms with Crippen LogP contribution in [0.3, 0.4) is 0 Å². The lowest BCUT2D eigenvalue weighted by Gasteiger charge is -2.00. The molecule has 0 saturated carbocycles. The zero-order valence-corrected chi connectivity index (χ0v) is 24.0. The van der Waals surface area contributed by atoms with Crippen LogP contribution in [0.5, 0.6) is 0 Å². The first-order valence-electron chi connectivity index (χ1n) is 11.4. The second-order valence-corrected chi connectivity index (χ2v) is 12.3. The van der Waals surface area contributed by atoms with Gasteiger partial charge in [0.05, 0.1) is 0 Å². The van der Waals surface area contributed by atoms with E-state index in [1.54, 1.807) is 23.1 Å². The van der Waals surface area contributed by atoms with E-state index in [0.717, 1.165) is 17.7 Å². The third kappa shape index (κ3) is 6.40. The molecular weight excluding hydrogens is 513 g/mol. The molecule has 2 nitrogen and oxygen atoms in total. The van der Waals surface area contributed by atoms with Crippen LogP contribution in [0.2, 0.25) is 0 Å². The molecule has 0 amide bonds. The average Bonchev–Trinajstić information content (AvgIpc) is 3.65. The quantitative estimate of drug-likeness (QED) is 0.209. The zero-order chi connectivity index (χ0) is 24.5. The highest BCUT2D eigenvalue weighted by atomic mass is 32.2.